The summed E-state index contributed by atoms with van der Waals surface area (Å²) >= 11 is 0. The van der Waals surface area contributed by atoms with Gasteiger partial charge in [-0.05, 0) is 36.3 Å². The average Bonchev–Trinajstić information content (AvgIpc) is 3.10. The van der Waals surface area contributed by atoms with Gasteiger partial charge in [-0.2, -0.15) is 0 Å². The summed E-state index contributed by atoms with van der Waals surface area (Å²) in [6, 6.07) is 21.3. The highest BCUT2D eigenvalue weighted by molar-refractivity contribution is 5.78. The van der Waals surface area contributed by atoms with Crippen LogP contribution in [0.15, 0.2) is 60.7 Å². The molecule has 2 N–H and O–H groups in total. The molecule has 2 aromatic carbocycles. The molecule has 0 saturated carbocycles. The van der Waals surface area contributed by atoms with E-state index in [2.05, 4.69) is 64.4 Å². The largest absolute Gasteiger partial charge is 0.342 e. The monoisotopic (exact) mass is 377 g/mol. The second-order valence-electron chi connectivity index (χ2n) is 8.39. The van der Waals surface area contributed by atoms with Gasteiger partial charge in [-0.25, -0.2) is 0 Å². The number of hydrogen-bond donors (Lipinski definition) is 1. The molecule has 0 unspecified atom stereocenters. The van der Waals surface area contributed by atoms with Gasteiger partial charge in [0, 0.05) is 38.1 Å². The van der Waals surface area contributed by atoms with Gasteiger partial charge < -0.3 is 10.6 Å². The first-order valence-corrected chi connectivity index (χ1v) is 10.5. The van der Waals surface area contributed by atoms with Crippen LogP contribution < -0.4 is 5.73 Å². The maximum Gasteiger partial charge on any atom is 0.236 e. The number of carbonyl (C=O) groups excluding carboxylic acids is 1. The second-order valence-corrected chi connectivity index (χ2v) is 8.39. The smallest absolute Gasteiger partial charge is 0.236 e. The van der Waals surface area contributed by atoms with E-state index in [0.717, 1.165) is 45.4 Å². The van der Waals surface area contributed by atoms with Crippen molar-refractivity contribution in [1.82, 2.24) is 9.80 Å². The fourth-order valence-electron chi connectivity index (χ4n) is 4.72. The molecule has 4 heteroatoms. The van der Waals surface area contributed by atoms with Crippen LogP contribution >= 0.6 is 0 Å². The van der Waals surface area contributed by atoms with Gasteiger partial charge in [0.05, 0.1) is 6.54 Å². The number of likely N-dealkylation sites (tertiary alicyclic amines) is 2. The van der Waals surface area contributed by atoms with E-state index in [1.54, 1.807) is 0 Å². The number of amides is 1. The van der Waals surface area contributed by atoms with Gasteiger partial charge in [0.2, 0.25) is 5.91 Å². The number of nitrogens with two attached hydrogens (primary N) is 1. The zero-order valence-corrected chi connectivity index (χ0v) is 16.5. The highest BCUT2D eigenvalue weighted by Gasteiger charge is 2.33. The Morgan fingerprint density at radius 3 is 2.25 bits per heavy atom. The maximum atomic E-state index is 12.8. The Bertz CT molecular complexity index is 756. The number of benzene rings is 2. The summed E-state index contributed by atoms with van der Waals surface area (Å²) in [5.74, 6) is 1.28. The lowest BCUT2D eigenvalue weighted by Crippen LogP contribution is -2.44. The van der Waals surface area contributed by atoms with E-state index in [1.807, 2.05) is 6.07 Å². The van der Waals surface area contributed by atoms with Gasteiger partial charge in [0.25, 0.3) is 0 Å². The fraction of sp³-hybridized carbons (Fsp3) is 0.458. The lowest BCUT2D eigenvalue weighted by atomic mass is 9.90. The number of rotatable bonds is 5. The fourth-order valence-corrected chi connectivity index (χ4v) is 4.72. The van der Waals surface area contributed by atoms with Crippen molar-refractivity contribution in [3.63, 3.8) is 0 Å². The predicted octanol–water partition coefficient (Wildman–Crippen LogP) is 2.89. The minimum atomic E-state index is 0.104. The molecule has 2 aliphatic rings. The Balaban J connectivity index is 1.25. The molecule has 1 amide bonds. The minimum Gasteiger partial charge on any atom is -0.342 e. The summed E-state index contributed by atoms with van der Waals surface area (Å²) in [5.41, 5.74) is 9.07. The van der Waals surface area contributed by atoms with Crippen molar-refractivity contribution >= 4 is 5.91 Å². The van der Waals surface area contributed by atoms with Crippen molar-refractivity contribution in [2.75, 3.05) is 32.7 Å². The summed E-state index contributed by atoms with van der Waals surface area (Å²) in [6.07, 6.45) is 3.34. The predicted molar refractivity (Wildman–Crippen MR) is 113 cm³/mol. The molecule has 4 nitrogen and oxygen atoms in total. The first kappa shape index (κ1) is 19.2. The van der Waals surface area contributed by atoms with Crippen LogP contribution in [-0.2, 0) is 11.2 Å². The number of hydrogen-bond acceptors (Lipinski definition) is 3. The molecule has 2 atom stereocenters. The normalized spacial score (nSPS) is 23.8. The molecule has 148 valence electrons. The quantitative estimate of drug-likeness (QED) is 0.872. The summed E-state index contributed by atoms with van der Waals surface area (Å²) < 4.78 is 0. The second kappa shape index (κ2) is 8.89. The van der Waals surface area contributed by atoms with E-state index < -0.39 is 0 Å². The molecule has 0 bridgehead atoms. The van der Waals surface area contributed by atoms with Crippen LogP contribution in [0.5, 0.6) is 0 Å². The highest BCUT2D eigenvalue weighted by atomic mass is 16.2. The maximum absolute atomic E-state index is 12.8. The third kappa shape index (κ3) is 4.62. The number of piperidine rings is 1. The van der Waals surface area contributed by atoms with E-state index in [1.165, 1.54) is 11.1 Å². The van der Waals surface area contributed by atoms with Crippen molar-refractivity contribution in [2.24, 2.45) is 11.7 Å². The van der Waals surface area contributed by atoms with Crippen LogP contribution in [0, 0.1) is 5.92 Å². The topological polar surface area (TPSA) is 49.6 Å². The van der Waals surface area contributed by atoms with E-state index in [0.29, 0.717) is 18.4 Å². The third-order valence-corrected chi connectivity index (χ3v) is 6.36. The van der Waals surface area contributed by atoms with Crippen molar-refractivity contribution in [2.45, 2.75) is 31.2 Å². The van der Waals surface area contributed by atoms with Crippen LogP contribution in [0.2, 0.25) is 0 Å². The molecule has 0 spiro atoms. The lowest BCUT2D eigenvalue weighted by Gasteiger charge is -2.33. The Morgan fingerprint density at radius 1 is 0.929 bits per heavy atom. The van der Waals surface area contributed by atoms with Crippen LogP contribution in [0.3, 0.4) is 0 Å². The molecule has 2 fully saturated rings. The Kier molecular flexibility index (Phi) is 6.08. The highest BCUT2D eigenvalue weighted by Crippen LogP contribution is 2.27. The van der Waals surface area contributed by atoms with Gasteiger partial charge >= 0.3 is 0 Å². The first-order chi connectivity index (χ1) is 13.7. The van der Waals surface area contributed by atoms with Gasteiger partial charge in [-0.15, -0.1) is 0 Å². The molecule has 28 heavy (non-hydrogen) atoms. The van der Waals surface area contributed by atoms with Crippen LogP contribution in [0.4, 0.5) is 0 Å². The van der Waals surface area contributed by atoms with Crippen molar-refractivity contribution in [1.29, 1.82) is 0 Å². The van der Waals surface area contributed by atoms with Gasteiger partial charge in [0.1, 0.15) is 0 Å². The summed E-state index contributed by atoms with van der Waals surface area (Å²) in [5, 5.41) is 0. The molecule has 2 aromatic rings. The zero-order chi connectivity index (χ0) is 19.3. The van der Waals surface area contributed by atoms with Gasteiger partial charge in [-0.3, -0.25) is 9.69 Å². The van der Waals surface area contributed by atoms with E-state index in [9.17, 15) is 4.79 Å². The molecule has 2 saturated heterocycles. The average molecular weight is 378 g/mol. The molecule has 4 rings (SSSR count). The third-order valence-electron chi connectivity index (χ3n) is 6.36. The summed E-state index contributed by atoms with van der Waals surface area (Å²) in [4.78, 5) is 17.1. The molecule has 0 aliphatic carbocycles. The zero-order valence-electron chi connectivity index (χ0n) is 16.5. The lowest BCUT2D eigenvalue weighted by molar-refractivity contribution is -0.133. The van der Waals surface area contributed by atoms with Gasteiger partial charge in [-0.1, -0.05) is 60.7 Å². The SMILES string of the molecule is N[C@@H]1CN(CC(=O)N2CCC(Cc3ccccc3)CC2)C[C@H]1c1ccccc1. The molecule has 0 aromatic heterocycles. The summed E-state index contributed by atoms with van der Waals surface area (Å²) in [7, 11) is 0. The van der Waals surface area contributed by atoms with E-state index in [-0.39, 0.29) is 11.9 Å². The molecule has 2 aliphatic heterocycles. The number of nitrogens with zero attached hydrogens (tertiary/aromatic N) is 2. The Labute approximate surface area is 168 Å². The molecule has 0 radical (unpaired) electrons. The van der Waals surface area contributed by atoms with E-state index >= 15 is 0 Å². The molecular formula is C24H31N3O. The Morgan fingerprint density at radius 2 is 1.57 bits per heavy atom. The molecular weight excluding hydrogens is 346 g/mol. The standard InChI is InChI=1S/C24H31N3O/c25-23-17-26(16-22(23)21-9-5-2-6-10-21)18-24(28)27-13-11-20(12-14-27)15-19-7-3-1-4-8-19/h1-10,20,22-23H,11-18,25H2/t22-,23+/m0/s1. The van der Waals surface area contributed by atoms with Crippen molar-refractivity contribution in [3.8, 4) is 0 Å². The Hall–Kier alpha value is -2.17. The summed E-state index contributed by atoms with van der Waals surface area (Å²) in [6.45, 7) is 3.95. The van der Waals surface area contributed by atoms with E-state index in [4.69, 9.17) is 5.73 Å². The first-order valence-electron chi connectivity index (χ1n) is 10.5. The van der Waals surface area contributed by atoms with Crippen LogP contribution in [0.25, 0.3) is 0 Å². The molecule has 2 heterocycles. The van der Waals surface area contributed by atoms with Gasteiger partial charge in [0.15, 0.2) is 0 Å². The minimum absolute atomic E-state index is 0.104. The van der Waals surface area contributed by atoms with Crippen molar-refractivity contribution < 1.29 is 4.79 Å². The van der Waals surface area contributed by atoms with Crippen LogP contribution in [0.1, 0.15) is 29.9 Å². The van der Waals surface area contributed by atoms with Crippen molar-refractivity contribution in [3.05, 3.63) is 71.8 Å². The van der Waals surface area contributed by atoms with Crippen LogP contribution in [-0.4, -0.2) is 54.5 Å². The number of carbonyl (C=O) groups is 1.